The maximum absolute atomic E-state index is 3.15. The van der Waals surface area contributed by atoms with Crippen LogP contribution in [-0.2, 0) is 6.42 Å². The van der Waals surface area contributed by atoms with Crippen LogP contribution in [0.4, 0.5) is 0 Å². The van der Waals surface area contributed by atoms with Gasteiger partial charge in [0.2, 0.25) is 0 Å². The Labute approximate surface area is 96.9 Å². The molecule has 0 heterocycles. The normalized spacial score (nSPS) is 9.31. The molecule has 0 unspecified atom stereocenters. The Morgan fingerprint density at radius 2 is 1.44 bits per heavy atom. The summed E-state index contributed by atoms with van der Waals surface area (Å²) in [4.78, 5) is 0. The fraction of sp³-hybridized carbons (Fsp3) is 0.125. The molecule has 0 spiro atoms. The molecule has 2 rings (SSSR count). The van der Waals surface area contributed by atoms with Crippen molar-refractivity contribution in [3.05, 3.63) is 71.3 Å². The fourth-order valence-electron chi connectivity index (χ4n) is 1.44. The second-order valence-corrected chi connectivity index (χ2v) is 3.59. The zero-order valence-corrected chi connectivity index (χ0v) is 9.33. The van der Waals surface area contributed by atoms with Gasteiger partial charge in [0.25, 0.3) is 0 Å². The average molecular weight is 205 g/mol. The first kappa shape index (κ1) is 10.5. The lowest BCUT2D eigenvalue weighted by atomic mass is 10.1. The highest BCUT2D eigenvalue weighted by Crippen LogP contribution is 2.04. The van der Waals surface area contributed by atoms with Gasteiger partial charge < -0.3 is 0 Å². The third-order valence-corrected chi connectivity index (χ3v) is 2.43. The van der Waals surface area contributed by atoms with Gasteiger partial charge in [-0.05, 0) is 42.3 Å². The molecule has 0 aromatic heterocycles. The second-order valence-electron chi connectivity index (χ2n) is 3.59. The summed E-state index contributed by atoms with van der Waals surface area (Å²) in [5, 5.41) is 0. The quantitative estimate of drug-likeness (QED) is 0.625. The predicted octanol–water partition coefficient (Wildman–Crippen LogP) is 3.45. The summed E-state index contributed by atoms with van der Waals surface area (Å²) >= 11 is 0. The van der Waals surface area contributed by atoms with Crippen LogP contribution in [0.2, 0.25) is 0 Å². The molecule has 0 nitrogen and oxygen atoms in total. The van der Waals surface area contributed by atoms with Gasteiger partial charge in [-0.1, -0.05) is 43.0 Å². The molecule has 0 bridgehead atoms. The smallest absolute Gasteiger partial charge is 0.0249 e. The van der Waals surface area contributed by atoms with Gasteiger partial charge in [0, 0.05) is 11.1 Å². The molecular formula is C16H13. The van der Waals surface area contributed by atoms with Crippen LogP contribution < -0.4 is 0 Å². The SMILES string of the molecule is CCc1ccc(C#Cc2cc[c]cc2)cc1. The first-order chi connectivity index (χ1) is 7.88. The standard InChI is InChI=1S/C16H13/c1-2-14-8-10-16(11-9-14)13-12-15-6-4-3-5-7-15/h4-11H,2H2,1H3. The first-order valence-electron chi connectivity index (χ1n) is 5.45. The van der Waals surface area contributed by atoms with Gasteiger partial charge in [0.1, 0.15) is 0 Å². The Morgan fingerprint density at radius 3 is 2.00 bits per heavy atom. The highest BCUT2D eigenvalue weighted by atomic mass is 13.9. The molecule has 0 aliphatic carbocycles. The topological polar surface area (TPSA) is 0 Å². The van der Waals surface area contributed by atoms with E-state index in [1.165, 1.54) is 5.56 Å². The number of hydrogen-bond donors (Lipinski definition) is 0. The Bertz CT molecular complexity index is 495. The van der Waals surface area contributed by atoms with Gasteiger partial charge in [-0.25, -0.2) is 0 Å². The molecule has 0 fully saturated rings. The van der Waals surface area contributed by atoms with E-state index in [2.05, 4.69) is 49.1 Å². The third kappa shape index (κ3) is 2.74. The zero-order chi connectivity index (χ0) is 11.2. The summed E-state index contributed by atoms with van der Waals surface area (Å²) < 4.78 is 0. The monoisotopic (exact) mass is 205 g/mol. The van der Waals surface area contributed by atoms with Gasteiger partial charge >= 0.3 is 0 Å². The van der Waals surface area contributed by atoms with Crippen LogP contribution >= 0.6 is 0 Å². The molecule has 0 atom stereocenters. The van der Waals surface area contributed by atoms with Crippen LogP contribution in [0.5, 0.6) is 0 Å². The lowest BCUT2D eigenvalue weighted by Crippen LogP contribution is -1.80. The van der Waals surface area contributed by atoms with Crippen LogP contribution in [0.15, 0.2) is 48.5 Å². The lowest BCUT2D eigenvalue weighted by molar-refractivity contribution is 1.14. The molecule has 16 heavy (non-hydrogen) atoms. The van der Waals surface area contributed by atoms with Crippen LogP contribution in [0.1, 0.15) is 23.6 Å². The van der Waals surface area contributed by atoms with E-state index in [1.54, 1.807) is 0 Å². The summed E-state index contributed by atoms with van der Waals surface area (Å²) in [5.41, 5.74) is 3.43. The number of aryl methyl sites for hydroxylation is 1. The van der Waals surface area contributed by atoms with E-state index in [9.17, 15) is 0 Å². The van der Waals surface area contributed by atoms with Gasteiger partial charge in [-0.2, -0.15) is 0 Å². The highest BCUT2D eigenvalue weighted by molar-refractivity contribution is 5.43. The predicted molar refractivity (Wildman–Crippen MR) is 67.1 cm³/mol. The van der Waals surface area contributed by atoms with E-state index in [-0.39, 0.29) is 0 Å². The molecule has 0 heteroatoms. The average Bonchev–Trinajstić information content (AvgIpc) is 2.38. The maximum Gasteiger partial charge on any atom is 0.0249 e. The van der Waals surface area contributed by atoms with E-state index < -0.39 is 0 Å². The maximum atomic E-state index is 3.15. The fourth-order valence-corrected chi connectivity index (χ4v) is 1.44. The number of rotatable bonds is 1. The van der Waals surface area contributed by atoms with Crippen LogP contribution in [0.25, 0.3) is 0 Å². The van der Waals surface area contributed by atoms with Crippen molar-refractivity contribution in [2.75, 3.05) is 0 Å². The highest BCUT2D eigenvalue weighted by Gasteiger charge is 1.89. The summed E-state index contributed by atoms with van der Waals surface area (Å²) in [7, 11) is 0. The molecule has 1 radical (unpaired) electrons. The molecular weight excluding hydrogens is 192 g/mol. The molecule has 2 aromatic rings. The van der Waals surface area contributed by atoms with Gasteiger partial charge in [-0.3, -0.25) is 0 Å². The zero-order valence-electron chi connectivity index (χ0n) is 9.33. The molecule has 0 amide bonds. The van der Waals surface area contributed by atoms with E-state index in [4.69, 9.17) is 0 Å². The molecule has 0 saturated heterocycles. The first-order valence-corrected chi connectivity index (χ1v) is 5.45. The number of hydrogen-bond acceptors (Lipinski definition) is 0. The molecule has 77 valence electrons. The summed E-state index contributed by atoms with van der Waals surface area (Å²) in [6.45, 7) is 2.15. The summed E-state index contributed by atoms with van der Waals surface area (Å²) in [6.07, 6.45) is 1.07. The number of benzene rings is 2. The van der Waals surface area contributed by atoms with Gasteiger partial charge in [0.05, 0.1) is 0 Å². The van der Waals surface area contributed by atoms with Crippen molar-refractivity contribution in [3.8, 4) is 11.8 Å². The van der Waals surface area contributed by atoms with E-state index >= 15 is 0 Å². The third-order valence-electron chi connectivity index (χ3n) is 2.43. The van der Waals surface area contributed by atoms with Crippen molar-refractivity contribution in [2.24, 2.45) is 0 Å². The molecule has 0 aliphatic heterocycles. The molecule has 0 N–H and O–H groups in total. The van der Waals surface area contributed by atoms with Crippen LogP contribution in [-0.4, -0.2) is 0 Å². The molecule has 0 aliphatic rings. The van der Waals surface area contributed by atoms with Crippen molar-refractivity contribution < 1.29 is 0 Å². The minimum absolute atomic E-state index is 1.03. The largest absolute Gasteiger partial charge is 0.0617 e. The van der Waals surface area contributed by atoms with Crippen LogP contribution in [0.3, 0.4) is 0 Å². The van der Waals surface area contributed by atoms with Gasteiger partial charge in [-0.15, -0.1) is 0 Å². The summed E-state index contributed by atoms with van der Waals surface area (Å²) in [6, 6.07) is 19.1. The van der Waals surface area contributed by atoms with Crippen molar-refractivity contribution in [3.63, 3.8) is 0 Å². The van der Waals surface area contributed by atoms with Crippen LogP contribution in [0, 0.1) is 17.9 Å². The summed E-state index contributed by atoms with van der Waals surface area (Å²) in [5.74, 6) is 6.28. The molecule has 2 aromatic carbocycles. The van der Waals surface area contributed by atoms with Crippen molar-refractivity contribution in [2.45, 2.75) is 13.3 Å². The second kappa shape index (κ2) is 5.19. The Morgan fingerprint density at radius 1 is 0.875 bits per heavy atom. The van der Waals surface area contributed by atoms with Gasteiger partial charge in [0.15, 0.2) is 0 Å². The van der Waals surface area contributed by atoms with E-state index in [0.717, 1.165) is 17.5 Å². The van der Waals surface area contributed by atoms with Crippen molar-refractivity contribution >= 4 is 0 Å². The van der Waals surface area contributed by atoms with Crippen molar-refractivity contribution in [1.82, 2.24) is 0 Å². The van der Waals surface area contributed by atoms with E-state index in [0.29, 0.717) is 0 Å². The minimum Gasteiger partial charge on any atom is -0.0617 e. The Hall–Kier alpha value is -2.00. The lowest BCUT2D eigenvalue weighted by Gasteiger charge is -1.95. The van der Waals surface area contributed by atoms with E-state index in [1.807, 2.05) is 24.3 Å². The minimum atomic E-state index is 1.03. The molecule has 0 saturated carbocycles. The van der Waals surface area contributed by atoms with Crippen molar-refractivity contribution in [1.29, 1.82) is 0 Å². The Kier molecular flexibility index (Phi) is 3.41. The Balaban J connectivity index is 2.18.